The molecule has 0 aromatic heterocycles. The minimum atomic E-state index is -1.25. The molecule has 4 fully saturated rings. The normalized spacial score (nSPS) is 19.9. The first-order valence-electron chi connectivity index (χ1n) is 26.3. The van der Waals surface area contributed by atoms with E-state index in [1.807, 2.05) is 50.5 Å². The van der Waals surface area contributed by atoms with Gasteiger partial charge in [-0.3, -0.25) is 19.4 Å². The molecule has 0 aliphatic carbocycles. The van der Waals surface area contributed by atoms with Gasteiger partial charge >= 0.3 is 6.09 Å². The molecule has 0 spiro atoms. The van der Waals surface area contributed by atoms with Crippen LogP contribution < -0.4 is 5.32 Å². The number of nitrogens with zero attached hydrogens (tertiary/aromatic N) is 5. The van der Waals surface area contributed by atoms with Crippen molar-refractivity contribution in [2.45, 2.75) is 102 Å². The monoisotopic (exact) mass is 1090 g/mol. The Kier molecular flexibility index (Phi) is 20.2. The van der Waals surface area contributed by atoms with Crippen molar-refractivity contribution in [1.82, 2.24) is 29.8 Å². The Hall–Kier alpha value is -6.07. The van der Waals surface area contributed by atoms with Gasteiger partial charge in [0.1, 0.15) is 28.4 Å². The third-order valence-electron chi connectivity index (χ3n) is 14.0. The number of likely N-dealkylation sites (tertiary alicyclic amines) is 1. The Bertz CT molecular complexity index is 2890. The first kappa shape index (κ1) is 58.6. The van der Waals surface area contributed by atoms with E-state index in [1.54, 1.807) is 83.8 Å². The van der Waals surface area contributed by atoms with E-state index in [-0.39, 0.29) is 35.5 Å². The van der Waals surface area contributed by atoms with Gasteiger partial charge in [-0.15, -0.1) is 0 Å². The Morgan fingerprint density at radius 2 is 1.06 bits per heavy atom. The van der Waals surface area contributed by atoms with Crippen molar-refractivity contribution in [3.8, 4) is 23.7 Å². The smallest absolute Gasteiger partial charge is 0.410 e. The van der Waals surface area contributed by atoms with E-state index in [0.717, 1.165) is 68.1 Å². The van der Waals surface area contributed by atoms with E-state index in [4.69, 9.17) is 27.9 Å². The Morgan fingerprint density at radius 1 is 0.649 bits per heavy atom. The van der Waals surface area contributed by atoms with Gasteiger partial charge in [0.25, 0.3) is 0 Å². The zero-order chi connectivity index (χ0) is 55.3. The second kappa shape index (κ2) is 26.5. The zero-order valence-electron chi connectivity index (χ0n) is 44.6. The van der Waals surface area contributed by atoms with Crippen LogP contribution in [-0.4, -0.2) is 147 Å². The number of rotatable bonds is 8. The van der Waals surface area contributed by atoms with Crippen LogP contribution in [0.2, 0.25) is 10.0 Å². The maximum atomic E-state index is 13.2. The average molecular weight is 1090 g/mol. The molecule has 77 heavy (non-hydrogen) atoms. The zero-order valence-corrected chi connectivity index (χ0v) is 46.1. The van der Waals surface area contributed by atoms with Crippen LogP contribution >= 0.6 is 23.2 Å². The van der Waals surface area contributed by atoms with Gasteiger partial charge in [0.05, 0.1) is 0 Å². The van der Waals surface area contributed by atoms with Crippen LogP contribution in [0.15, 0.2) is 97.1 Å². The molecule has 16 heteroatoms. The van der Waals surface area contributed by atoms with Crippen molar-refractivity contribution in [2.75, 3.05) is 65.4 Å². The van der Waals surface area contributed by atoms with Gasteiger partial charge in [-0.25, -0.2) is 13.6 Å². The second-order valence-corrected chi connectivity index (χ2v) is 22.3. The first-order chi connectivity index (χ1) is 36.6. The number of piperazine rings is 2. The lowest BCUT2D eigenvalue weighted by molar-refractivity contribution is -0.131. The van der Waals surface area contributed by atoms with Crippen LogP contribution in [0.25, 0.3) is 12.2 Å². The molecule has 4 saturated heterocycles. The number of ether oxygens (including phenoxy) is 1. The fraction of sp³-hybridized carbons (Fsp3) is 0.426. The summed E-state index contributed by atoms with van der Waals surface area (Å²) >= 11 is 12.4. The predicted octanol–water partition coefficient (Wildman–Crippen LogP) is 9.03. The molecule has 4 aromatic rings. The maximum Gasteiger partial charge on any atom is 0.410 e. The lowest BCUT2D eigenvalue weighted by Crippen LogP contribution is -2.53. The predicted molar refractivity (Wildman–Crippen MR) is 299 cm³/mol. The summed E-state index contributed by atoms with van der Waals surface area (Å²) < 4.78 is 31.8. The van der Waals surface area contributed by atoms with Crippen LogP contribution in [0.5, 0.6) is 0 Å². The summed E-state index contributed by atoms with van der Waals surface area (Å²) in [7, 11) is 0. The molecule has 0 radical (unpaired) electrons. The molecular formula is C61H70Cl2F2N6O6. The molecule has 3 amide bonds. The summed E-state index contributed by atoms with van der Waals surface area (Å²) in [6, 6.07) is 23.8. The van der Waals surface area contributed by atoms with Gasteiger partial charge < -0.3 is 35.0 Å². The lowest BCUT2D eigenvalue weighted by atomic mass is 9.91. The summed E-state index contributed by atoms with van der Waals surface area (Å²) in [5, 5.41) is 26.1. The topological polar surface area (TPSA) is 129 Å². The minimum Gasteiger partial charge on any atom is -0.444 e. The van der Waals surface area contributed by atoms with E-state index in [9.17, 15) is 33.4 Å². The van der Waals surface area contributed by atoms with Crippen molar-refractivity contribution in [3.63, 3.8) is 0 Å². The summed E-state index contributed by atoms with van der Waals surface area (Å²) in [4.78, 5) is 48.3. The van der Waals surface area contributed by atoms with E-state index in [1.165, 1.54) is 24.3 Å². The molecular weight excluding hydrogens is 1020 g/mol. The molecule has 0 saturated carbocycles. The molecule has 0 bridgehead atoms. The fourth-order valence-electron chi connectivity index (χ4n) is 9.63. The van der Waals surface area contributed by atoms with Gasteiger partial charge in [-0.2, -0.15) is 0 Å². The number of aliphatic hydroxyl groups is 2. The standard InChI is InChI=1S/C33H39ClFN3O4.C28H31ClFN3O2/c1-24-22-36(23-25-5-10-29(35)11-6-25)19-20-38(24)30(39)12-8-26-7-9-28(34)21-27(26)13-14-33(41)15-17-37(18-16-33)31(40)42-32(2,3)4;1-21-19-32(20-22-2-7-26(30)8-3-22)16-17-33(21)27(34)9-5-23-4-6-25(29)18-24(23)10-11-28(35)12-14-31-15-13-28/h5-12,21,24,41H,15-20,22-23H2,1-4H3;2-9,18,21,31,35H,12-17,19-20H2,1H3/b12-8+;9-5+/t24-;21-/m11/s1. The van der Waals surface area contributed by atoms with Crippen LogP contribution in [-0.2, 0) is 27.4 Å². The highest BCUT2D eigenvalue weighted by Gasteiger charge is 2.35. The van der Waals surface area contributed by atoms with E-state index >= 15 is 0 Å². The maximum absolute atomic E-state index is 13.2. The first-order valence-corrected chi connectivity index (χ1v) is 27.1. The van der Waals surface area contributed by atoms with Crippen molar-refractivity contribution in [1.29, 1.82) is 0 Å². The number of amides is 3. The molecule has 2 atom stereocenters. The number of nitrogens with one attached hydrogen (secondary N) is 1. The Morgan fingerprint density at radius 3 is 1.47 bits per heavy atom. The molecule has 4 heterocycles. The summed E-state index contributed by atoms with van der Waals surface area (Å²) in [5.41, 5.74) is 2.06. The number of hydrogen-bond donors (Lipinski definition) is 3. The van der Waals surface area contributed by atoms with Crippen LogP contribution in [0.4, 0.5) is 13.6 Å². The van der Waals surface area contributed by atoms with Crippen molar-refractivity contribution < 1.29 is 38.1 Å². The largest absolute Gasteiger partial charge is 0.444 e. The quantitative estimate of drug-likeness (QED) is 0.117. The molecule has 4 aromatic carbocycles. The molecule has 4 aliphatic rings. The summed E-state index contributed by atoms with van der Waals surface area (Å²) in [6.45, 7) is 17.3. The SMILES string of the molecule is C[C@@H]1CN(Cc2ccc(F)cc2)CCN1C(=O)/C=C/c1ccc(Cl)cc1C#CC1(O)CCN(C(=O)OC(C)(C)C)CC1.C[C@@H]1CN(Cc2ccc(F)cc2)CCN1C(=O)/C=C/c1ccc(Cl)cc1C#CC1(O)CCNCC1. The number of carbonyl (C=O) groups excluding carboxylic acids is 3. The van der Waals surface area contributed by atoms with E-state index in [2.05, 4.69) is 38.8 Å². The van der Waals surface area contributed by atoms with Crippen LogP contribution in [0.3, 0.4) is 0 Å². The number of halogens is 4. The summed E-state index contributed by atoms with van der Waals surface area (Å²) in [5.74, 6) is 11.5. The minimum absolute atomic E-state index is 0.0154. The number of hydrogen-bond acceptors (Lipinski definition) is 9. The van der Waals surface area contributed by atoms with Gasteiger partial charge in [0.2, 0.25) is 11.8 Å². The number of carbonyl (C=O) groups is 3. The van der Waals surface area contributed by atoms with Crippen LogP contribution in [0.1, 0.15) is 93.7 Å². The van der Waals surface area contributed by atoms with Crippen molar-refractivity contribution >= 4 is 53.3 Å². The average Bonchev–Trinajstić information content (AvgIpc) is 3.38. The Balaban J connectivity index is 0.000000227. The van der Waals surface area contributed by atoms with E-state index < -0.39 is 22.9 Å². The van der Waals surface area contributed by atoms with Gasteiger partial charge in [-0.1, -0.05) is 83.3 Å². The molecule has 3 N–H and O–H groups in total. The van der Waals surface area contributed by atoms with E-state index in [0.29, 0.717) is 79.6 Å². The number of piperidine rings is 2. The van der Waals surface area contributed by atoms with Gasteiger partial charge in [0.15, 0.2) is 0 Å². The third kappa shape index (κ3) is 17.7. The summed E-state index contributed by atoms with van der Waals surface area (Å²) in [6.07, 6.45) is 8.00. The van der Waals surface area contributed by atoms with Gasteiger partial charge in [-0.05, 0) is 143 Å². The molecule has 8 rings (SSSR count). The Labute approximate surface area is 462 Å². The highest BCUT2D eigenvalue weighted by atomic mass is 35.5. The molecule has 408 valence electrons. The van der Waals surface area contributed by atoms with Crippen molar-refractivity contribution in [2.24, 2.45) is 0 Å². The van der Waals surface area contributed by atoms with Crippen LogP contribution in [0, 0.1) is 35.3 Å². The lowest BCUT2D eigenvalue weighted by Gasteiger charge is -2.39. The van der Waals surface area contributed by atoms with Crippen molar-refractivity contribution in [3.05, 3.63) is 152 Å². The highest BCUT2D eigenvalue weighted by Crippen LogP contribution is 2.26. The highest BCUT2D eigenvalue weighted by molar-refractivity contribution is 6.31. The fourth-order valence-corrected chi connectivity index (χ4v) is 9.97. The number of benzene rings is 4. The third-order valence-corrected chi connectivity index (χ3v) is 14.5. The molecule has 12 nitrogen and oxygen atoms in total. The molecule has 0 unspecified atom stereocenters. The van der Waals surface area contributed by atoms with Gasteiger partial charge in [0, 0.05) is 124 Å². The second-order valence-electron chi connectivity index (χ2n) is 21.4. The molecule has 4 aliphatic heterocycles.